The minimum atomic E-state index is -4.50. The fraction of sp³-hybridized carbons (Fsp3) is 0.231. The van der Waals surface area contributed by atoms with Crippen molar-refractivity contribution in [1.82, 2.24) is 10.0 Å². The number of urea groups is 1. The topological polar surface area (TPSA) is 105 Å². The molecule has 3 amide bonds. The summed E-state index contributed by atoms with van der Waals surface area (Å²) >= 11 is 0. The van der Waals surface area contributed by atoms with Crippen molar-refractivity contribution in [2.45, 2.75) is 31.2 Å². The largest absolute Gasteiger partial charge is 0.497 e. The Balaban J connectivity index is 1.88. The number of carbonyl (C=O) groups excluding carboxylic acids is 2. The highest BCUT2D eigenvalue weighted by Crippen LogP contribution is 2.25. The van der Waals surface area contributed by atoms with Crippen molar-refractivity contribution in [2.24, 2.45) is 0 Å². The lowest BCUT2D eigenvalue weighted by Crippen LogP contribution is -2.53. The smallest absolute Gasteiger partial charge is 0.329 e. The first-order valence-corrected chi connectivity index (χ1v) is 12.7. The van der Waals surface area contributed by atoms with Crippen LogP contribution in [0.25, 0.3) is 0 Å². The predicted octanol–water partition coefficient (Wildman–Crippen LogP) is 3.80. The molecule has 0 aromatic heterocycles. The van der Waals surface area contributed by atoms with Gasteiger partial charge in [0.15, 0.2) is 0 Å². The third-order valence-corrected chi connectivity index (χ3v) is 6.88. The van der Waals surface area contributed by atoms with Gasteiger partial charge in [-0.3, -0.25) is 4.79 Å². The molecule has 3 rings (SSSR count). The Morgan fingerprint density at radius 3 is 2.31 bits per heavy atom. The van der Waals surface area contributed by atoms with E-state index < -0.39 is 38.7 Å². The van der Waals surface area contributed by atoms with Gasteiger partial charge in [0, 0.05) is 18.7 Å². The van der Waals surface area contributed by atoms with Crippen LogP contribution in [0.2, 0.25) is 0 Å². The van der Waals surface area contributed by atoms with Gasteiger partial charge in [-0.1, -0.05) is 42.5 Å². The van der Waals surface area contributed by atoms with Gasteiger partial charge in [-0.05, 0) is 55.3 Å². The number of aryl methyl sites for hydroxylation is 1. The molecule has 0 aliphatic heterocycles. The highest BCUT2D eigenvalue weighted by atomic mass is 32.2. The molecule has 8 nitrogen and oxygen atoms in total. The Labute approximate surface area is 210 Å². The van der Waals surface area contributed by atoms with Crippen LogP contribution in [0.15, 0.2) is 77.7 Å². The molecule has 2 N–H and O–H groups in total. The second-order valence-electron chi connectivity index (χ2n) is 7.99. The van der Waals surface area contributed by atoms with Crippen LogP contribution in [-0.2, 0) is 21.2 Å². The number of nitrogens with zero attached hydrogens (tertiary/aromatic N) is 1. The van der Waals surface area contributed by atoms with Crippen molar-refractivity contribution in [2.75, 3.05) is 18.6 Å². The molecule has 36 heavy (non-hydrogen) atoms. The Morgan fingerprint density at radius 1 is 1.03 bits per heavy atom. The summed E-state index contributed by atoms with van der Waals surface area (Å²) in [6.07, 6.45) is 0.110. The van der Waals surface area contributed by atoms with Gasteiger partial charge < -0.3 is 15.0 Å². The molecule has 10 heteroatoms. The van der Waals surface area contributed by atoms with E-state index in [2.05, 4.69) is 5.32 Å². The van der Waals surface area contributed by atoms with E-state index in [1.165, 1.54) is 17.0 Å². The average molecular weight is 514 g/mol. The van der Waals surface area contributed by atoms with Crippen LogP contribution in [0.5, 0.6) is 5.75 Å². The second-order valence-corrected chi connectivity index (χ2v) is 9.64. The van der Waals surface area contributed by atoms with E-state index in [1.807, 2.05) is 13.0 Å². The molecule has 0 heterocycles. The van der Waals surface area contributed by atoms with Crippen LogP contribution >= 0.6 is 0 Å². The highest BCUT2D eigenvalue weighted by molar-refractivity contribution is 7.90. The summed E-state index contributed by atoms with van der Waals surface area (Å²) in [7, 11) is -2.96. The number of methoxy groups -OCH3 is 1. The van der Waals surface area contributed by atoms with Crippen molar-refractivity contribution in [3.8, 4) is 5.75 Å². The van der Waals surface area contributed by atoms with E-state index in [9.17, 15) is 22.4 Å². The zero-order valence-electron chi connectivity index (χ0n) is 20.2. The Hall–Kier alpha value is -3.92. The molecule has 0 spiro atoms. The molecule has 1 unspecified atom stereocenters. The Morgan fingerprint density at radius 2 is 1.69 bits per heavy atom. The molecule has 3 aromatic carbocycles. The minimum absolute atomic E-state index is 0.110. The van der Waals surface area contributed by atoms with E-state index in [1.54, 1.807) is 61.2 Å². The summed E-state index contributed by atoms with van der Waals surface area (Å²) in [5.74, 6) is -0.800. The highest BCUT2D eigenvalue weighted by Gasteiger charge is 2.29. The van der Waals surface area contributed by atoms with Gasteiger partial charge in [-0.15, -0.1) is 0 Å². The molecule has 0 aliphatic rings. The summed E-state index contributed by atoms with van der Waals surface area (Å²) in [5, 5.41) is 2.47. The van der Waals surface area contributed by atoms with E-state index in [0.29, 0.717) is 18.0 Å². The van der Waals surface area contributed by atoms with Crippen LogP contribution in [0, 0.1) is 12.7 Å². The second kappa shape index (κ2) is 11.7. The number of halogens is 1. The molecule has 1 atom stereocenters. The van der Waals surface area contributed by atoms with E-state index in [0.717, 1.165) is 23.3 Å². The number of rotatable bonds is 9. The van der Waals surface area contributed by atoms with E-state index in [-0.39, 0.29) is 6.42 Å². The molecule has 0 fully saturated rings. The molecule has 0 saturated carbocycles. The van der Waals surface area contributed by atoms with E-state index in [4.69, 9.17) is 4.74 Å². The standard InChI is InChI=1S/C26H28FN3O5S/c1-4-30(23-15-14-20(35-3)16-18(23)2)25(31)22(17-19-10-6-5-7-11-19)28-26(32)29-36(33,34)24-13-9-8-12-21(24)27/h5-16,22H,4,17H2,1-3H3,(H2,28,29,32). The molecular formula is C26H28FN3O5S. The third-order valence-electron chi connectivity index (χ3n) is 5.52. The molecule has 3 aromatic rings. The summed E-state index contributed by atoms with van der Waals surface area (Å²) < 4.78 is 46.2. The lowest BCUT2D eigenvalue weighted by Gasteiger charge is -2.28. The number of likely N-dealkylation sites (N-methyl/N-ethyl adjacent to an activating group) is 1. The number of nitrogens with one attached hydrogen (secondary N) is 2. The van der Waals surface area contributed by atoms with Crippen LogP contribution in [-0.4, -0.2) is 40.1 Å². The number of hydrogen-bond donors (Lipinski definition) is 2. The van der Waals surface area contributed by atoms with Gasteiger partial charge in [0.05, 0.1) is 7.11 Å². The van der Waals surface area contributed by atoms with Gasteiger partial charge in [-0.2, -0.15) is 0 Å². The Bertz CT molecular complexity index is 1330. The van der Waals surface area contributed by atoms with E-state index >= 15 is 0 Å². The number of anilines is 1. The SMILES string of the molecule is CCN(C(=O)C(Cc1ccccc1)NC(=O)NS(=O)(=O)c1ccccc1F)c1ccc(OC)cc1C. The van der Waals surface area contributed by atoms with Crippen molar-refractivity contribution in [3.05, 3.63) is 89.7 Å². The first-order valence-electron chi connectivity index (χ1n) is 11.2. The van der Waals surface area contributed by atoms with Gasteiger partial charge >= 0.3 is 6.03 Å². The van der Waals surface area contributed by atoms with Crippen molar-refractivity contribution < 1.29 is 27.1 Å². The normalized spacial score (nSPS) is 11.9. The van der Waals surface area contributed by atoms with Crippen LogP contribution in [0.3, 0.4) is 0 Å². The minimum Gasteiger partial charge on any atom is -0.497 e. The van der Waals surface area contributed by atoms with Crippen molar-refractivity contribution in [3.63, 3.8) is 0 Å². The van der Waals surface area contributed by atoms with Gasteiger partial charge in [0.25, 0.3) is 10.0 Å². The van der Waals surface area contributed by atoms with Crippen LogP contribution < -0.4 is 19.7 Å². The van der Waals surface area contributed by atoms with Crippen LogP contribution in [0.1, 0.15) is 18.1 Å². The fourth-order valence-corrected chi connectivity index (χ4v) is 4.76. The quantitative estimate of drug-likeness (QED) is 0.453. The maximum Gasteiger partial charge on any atom is 0.329 e. The number of sulfonamides is 1. The Kier molecular flexibility index (Phi) is 8.65. The number of ether oxygens (including phenoxy) is 1. The number of amides is 3. The first-order chi connectivity index (χ1) is 17.2. The lowest BCUT2D eigenvalue weighted by molar-refractivity contribution is -0.120. The fourth-order valence-electron chi connectivity index (χ4n) is 3.77. The molecule has 0 aliphatic carbocycles. The summed E-state index contributed by atoms with van der Waals surface area (Å²) in [5.41, 5.74) is 2.17. The number of hydrogen-bond acceptors (Lipinski definition) is 5. The van der Waals surface area contributed by atoms with Crippen molar-refractivity contribution in [1.29, 1.82) is 0 Å². The summed E-state index contributed by atoms with van der Waals surface area (Å²) in [6, 6.07) is 16.7. The van der Waals surface area contributed by atoms with Crippen LogP contribution in [0.4, 0.5) is 14.9 Å². The van der Waals surface area contributed by atoms with Gasteiger partial charge in [-0.25, -0.2) is 22.3 Å². The molecule has 0 saturated heterocycles. The number of benzene rings is 3. The molecule has 190 valence electrons. The predicted molar refractivity (Wildman–Crippen MR) is 135 cm³/mol. The zero-order chi connectivity index (χ0) is 26.3. The number of carbonyl (C=O) groups is 2. The molecular weight excluding hydrogens is 485 g/mol. The average Bonchev–Trinajstić information content (AvgIpc) is 2.85. The van der Waals surface area contributed by atoms with Gasteiger partial charge in [0.1, 0.15) is 22.5 Å². The van der Waals surface area contributed by atoms with Gasteiger partial charge in [0.2, 0.25) is 5.91 Å². The zero-order valence-corrected chi connectivity index (χ0v) is 21.0. The monoisotopic (exact) mass is 513 g/mol. The first kappa shape index (κ1) is 26.7. The maximum absolute atomic E-state index is 14.0. The lowest BCUT2D eigenvalue weighted by atomic mass is 10.0. The third kappa shape index (κ3) is 6.39. The summed E-state index contributed by atoms with van der Waals surface area (Å²) in [6.45, 7) is 3.93. The van der Waals surface area contributed by atoms with Crippen molar-refractivity contribution >= 4 is 27.6 Å². The maximum atomic E-state index is 14.0. The molecule has 0 bridgehead atoms. The summed E-state index contributed by atoms with van der Waals surface area (Å²) in [4.78, 5) is 27.2. The molecule has 0 radical (unpaired) electrons.